The number of nitrogens with zero attached hydrogens (tertiary/aromatic N) is 4. The van der Waals surface area contributed by atoms with Crippen molar-refractivity contribution < 1.29 is 9.53 Å². The van der Waals surface area contributed by atoms with Crippen molar-refractivity contribution in [2.75, 3.05) is 19.4 Å². The fourth-order valence-electron chi connectivity index (χ4n) is 3.78. The van der Waals surface area contributed by atoms with Gasteiger partial charge in [0.25, 0.3) is 0 Å². The highest BCUT2D eigenvalue weighted by Crippen LogP contribution is 2.29. The lowest BCUT2D eigenvalue weighted by Crippen LogP contribution is -2.42. The molecule has 1 aliphatic heterocycles. The van der Waals surface area contributed by atoms with Gasteiger partial charge in [-0.3, -0.25) is 9.36 Å². The highest BCUT2D eigenvalue weighted by atomic mass is 32.2. The summed E-state index contributed by atoms with van der Waals surface area (Å²) in [6, 6.07) is 18.1. The Labute approximate surface area is 181 Å². The average molecular weight is 423 g/mol. The van der Waals surface area contributed by atoms with Crippen molar-refractivity contribution in [3.63, 3.8) is 0 Å². The van der Waals surface area contributed by atoms with Crippen LogP contribution in [0.2, 0.25) is 0 Å². The van der Waals surface area contributed by atoms with Gasteiger partial charge in [-0.15, -0.1) is 10.2 Å². The van der Waals surface area contributed by atoms with Crippen molar-refractivity contribution in [2.24, 2.45) is 0 Å². The Kier molecular flexibility index (Phi) is 6.38. The third-order valence-corrected chi connectivity index (χ3v) is 6.36. The maximum absolute atomic E-state index is 12.8. The quantitative estimate of drug-likeness (QED) is 0.550. The van der Waals surface area contributed by atoms with E-state index in [0.717, 1.165) is 42.2 Å². The third-order valence-electron chi connectivity index (χ3n) is 5.44. The number of amides is 1. The van der Waals surface area contributed by atoms with E-state index in [1.165, 1.54) is 18.2 Å². The SMILES string of the molecule is COc1ccc(-n2c(SCC(=O)N3CCCC[C@H]3C)nnc2-c2ccccc2)cc1. The van der Waals surface area contributed by atoms with E-state index in [1.54, 1.807) is 7.11 Å². The summed E-state index contributed by atoms with van der Waals surface area (Å²) in [5, 5.41) is 9.57. The minimum absolute atomic E-state index is 0.165. The summed E-state index contributed by atoms with van der Waals surface area (Å²) in [5.74, 6) is 2.06. The molecule has 1 amide bonds. The molecule has 1 aliphatic rings. The van der Waals surface area contributed by atoms with E-state index in [9.17, 15) is 4.79 Å². The van der Waals surface area contributed by atoms with Crippen LogP contribution in [0.4, 0.5) is 0 Å². The molecular formula is C23H26N4O2S. The van der Waals surface area contributed by atoms with Gasteiger partial charge in [-0.2, -0.15) is 0 Å². The minimum atomic E-state index is 0.165. The Balaban J connectivity index is 1.62. The zero-order valence-corrected chi connectivity index (χ0v) is 18.1. The van der Waals surface area contributed by atoms with Crippen LogP contribution in [0.3, 0.4) is 0 Å². The molecule has 2 aromatic carbocycles. The number of rotatable bonds is 6. The summed E-state index contributed by atoms with van der Waals surface area (Å²) in [5.41, 5.74) is 1.91. The Bertz CT molecular complexity index is 988. The predicted molar refractivity (Wildman–Crippen MR) is 119 cm³/mol. The molecule has 30 heavy (non-hydrogen) atoms. The van der Waals surface area contributed by atoms with Crippen LogP contribution in [0.5, 0.6) is 5.75 Å². The van der Waals surface area contributed by atoms with Crippen LogP contribution in [0, 0.1) is 0 Å². The van der Waals surface area contributed by atoms with Gasteiger partial charge in [0.05, 0.1) is 12.9 Å². The molecule has 156 valence electrons. The Hall–Kier alpha value is -2.80. The number of carbonyl (C=O) groups is 1. The maximum atomic E-state index is 12.8. The Morgan fingerprint density at radius 3 is 2.57 bits per heavy atom. The second-order valence-electron chi connectivity index (χ2n) is 7.43. The van der Waals surface area contributed by atoms with Gasteiger partial charge in [-0.25, -0.2) is 0 Å². The van der Waals surface area contributed by atoms with Gasteiger partial charge in [-0.1, -0.05) is 42.1 Å². The van der Waals surface area contributed by atoms with Crippen LogP contribution in [0.25, 0.3) is 17.1 Å². The zero-order valence-electron chi connectivity index (χ0n) is 17.3. The molecule has 1 saturated heterocycles. The lowest BCUT2D eigenvalue weighted by Gasteiger charge is -2.33. The van der Waals surface area contributed by atoms with Gasteiger partial charge in [0.2, 0.25) is 5.91 Å². The second kappa shape index (κ2) is 9.34. The van der Waals surface area contributed by atoms with E-state index in [0.29, 0.717) is 17.0 Å². The average Bonchev–Trinajstić information content (AvgIpc) is 3.22. The molecule has 1 aromatic heterocycles. The number of methoxy groups -OCH3 is 1. The van der Waals surface area contributed by atoms with E-state index in [2.05, 4.69) is 17.1 Å². The fraction of sp³-hybridized carbons (Fsp3) is 0.348. The summed E-state index contributed by atoms with van der Waals surface area (Å²) in [4.78, 5) is 14.8. The molecule has 4 rings (SSSR count). The predicted octanol–water partition coefficient (Wildman–Crippen LogP) is 4.44. The Morgan fingerprint density at radius 2 is 1.87 bits per heavy atom. The highest BCUT2D eigenvalue weighted by Gasteiger charge is 2.24. The summed E-state index contributed by atoms with van der Waals surface area (Å²) >= 11 is 1.44. The molecule has 0 unspecified atom stereocenters. The largest absolute Gasteiger partial charge is 0.497 e. The van der Waals surface area contributed by atoms with Gasteiger partial charge in [0, 0.05) is 23.8 Å². The molecule has 0 saturated carbocycles. The lowest BCUT2D eigenvalue weighted by atomic mass is 10.0. The first-order chi connectivity index (χ1) is 14.7. The van der Waals surface area contributed by atoms with E-state index < -0.39 is 0 Å². The van der Waals surface area contributed by atoms with E-state index >= 15 is 0 Å². The van der Waals surface area contributed by atoms with Gasteiger partial charge in [0.1, 0.15) is 5.75 Å². The molecule has 0 bridgehead atoms. The maximum Gasteiger partial charge on any atom is 0.233 e. The number of piperidine rings is 1. The van der Waals surface area contributed by atoms with E-state index in [-0.39, 0.29) is 5.91 Å². The summed E-state index contributed by atoms with van der Waals surface area (Å²) in [7, 11) is 1.65. The van der Waals surface area contributed by atoms with Crippen LogP contribution in [0.1, 0.15) is 26.2 Å². The minimum Gasteiger partial charge on any atom is -0.497 e. The lowest BCUT2D eigenvalue weighted by molar-refractivity contribution is -0.131. The molecule has 7 heteroatoms. The topological polar surface area (TPSA) is 60.2 Å². The standard InChI is InChI=1S/C23H26N4O2S/c1-17-8-6-7-15-26(17)21(28)16-30-23-25-24-22(18-9-4-3-5-10-18)27(23)19-11-13-20(29-2)14-12-19/h3-5,9-14,17H,6-8,15-16H2,1-2H3/t17-/m1/s1. The van der Waals surface area contributed by atoms with Crippen LogP contribution >= 0.6 is 11.8 Å². The molecule has 6 nitrogen and oxygen atoms in total. The number of benzene rings is 2. The Morgan fingerprint density at radius 1 is 1.10 bits per heavy atom. The van der Waals surface area contributed by atoms with E-state index in [1.807, 2.05) is 64.1 Å². The normalized spacial score (nSPS) is 16.5. The number of hydrogen-bond donors (Lipinski definition) is 0. The molecule has 0 N–H and O–H groups in total. The monoisotopic (exact) mass is 422 g/mol. The third kappa shape index (κ3) is 4.36. The fourth-order valence-corrected chi connectivity index (χ4v) is 4.62. The molecule has 1 fully saturated rings. The van der Waals surface area contributed by atoms with Crippen LogP contribution in [-0.4, -0.2) is 51.0 Å². The number of thioether (sulfide) groups is 1. The van der Waals surface area contributed by atoms with Gasteiger partial charge in [-0.05, 0) is 50.5 Å². The van der Waals surface area contributed by atoms with Crippen molar-refractivity contribution in [3.05, 3.63) is 54.6 Å². The molecular weight excluding hydrogens is 396 g/mol. The number of ether oxygens (including phenoxy) is 1. The van der Waals surface area contributed by atoms with Crippen molar-refractivity contribution in [3.8, 4) is 22.8 Å². The number of likely N-dealkylation sites (tertiary alicyclic amines) is 1. The molecule has 2 heterocycles. The molecule has 0 spiro atoms. The van der Waals surface area contributed by atoms with Gasteiger partial charge in [0.15, 0.2) is 11.0 Å². The molecule has 1 atom stereocenters. The van der Waals surface area contributed by atoms with Crippen LogP contribution in [-0.2, 0) is 4.79 Å². The number of aromatic nitrogens is 3. The van der Waals surface area contributed by atoms with Crippen molar-refractivity contribution in [2.45, 2.75) is 37.4 Å². The molecule has 3 aromatic rings. The first-order valence-electron chi connectivity index (χ1n) is 10.2. The van der Waals surface area contributed by atoms with Crippen molar-refractivity contribution >= 4 is 17.7 Å². The van der Waals surface area contributed by atoms with E-state index in [4.69, 9.17) is 4.74 Å². The summed E-state index contributed by atoms with van der Waals surface area (Å²) < 4.78 is 7.30. The number of carbonyl (C=O) groups excluding carboxylic acids is 1. The van der Waals surface area contributed by atoms with Crippen molar-refractivity contribution in [1.82, 2.24) is 19.7 Å². The number of hydrogen-bond acceptors (Lipinski definition) is 5. The van der Waals surface area contributed by atoms with Gasteiger partial charge >= 0.3 is 0 Å². The van der Waals surface area contributed by atoms with Crippen molar-refractivity contribution in [1.29, 1.82) is 0 Å². The summed E-state index contributed by atoms with van der Waals surface area (Å²) in [6.07, 6.45) is 3.36. The summed E-state index contributed by atoms with van der Waals surface area (Å²) in [6.45, 7) is 2.98. The van der Waals surface area contributed by atoms with Crippen LogP contribution < -0.4 is 4.74 Å². The second-order valence-corrected chi connectivity index (χ2v) is 8.37. The molecule has 0 radical (unpaired) electrons. The highest BCUT2D eigenvalue weighted by molar-refractivity contribution is 7.99. The first kappa shape index (κ1) is 20.5. The first-order valence-corrected chi connectivity index (χ1v) is 11.2. The molecule has 0 aliphatic carbocycles. The van der Waals surface area contributed by atoms with Gasteiger partial charge < -0.3 is 9.64 Å². The smallest absolute Gasteiger partial charge is 0.233 e. The van der Waals surface area contributed by atoms with Crippen LogP contribution in [0.15, 0.2) is 59.8 Å². The zero-order chi connectivity index (χ0) is 20.9.